The van der Waals surface area contributed by atoms with Crippen molar-refractivity contribution in [3.63, 3.8) is 0 Å². The Hall–Kier alpha value is -4.53. The molecule has 2 amide bonds. The van der Waals surface area contributed by atoms with Gasteiger partial charge in [0, 0.05) is 17.8 Å². The lowest BCUT2D eigenvalue weighted by atomic mass is 10.0. The smallest absolute Gasteiger partial charge is 0.278 e. The average Bonchev–Trinajstić information content (AvgIpc) is 3.05. The zero-order valence-electron chi connectivity index (χ0n) is 17.4. The molecule has 9 heteroatoms. The molecule has 33 heavy (non-hydrogen) atoms. The Balaban J connectivity index is 1.72. The zero-order valence-corrected chi connectivity index (χ0v) is 17.4. The summed E-state index contributed by atoms with van der Waals surface area (Å²) in [4.78, 5) is 38.0. The van der Waals surface area contributed by atoms with Crippen molar-refractivity contribution in [3.8, 4) is 5.75 Å². The predicted octanol–water partition coefficient (Wildman–Crippen LogP) is 4.13. The quantitative estimate of drug-likeness (QED) is 0.332. The molecule has 3 aromatic carbocycles. The molecule has 1 aliphatic rings. The van der Waals surface area contributed by atoms with E-state index in [2.05, 4.69) is 5.32 Å². The van der Waals surface area contributed by atoms with E-state index in [1.54, 1.807) is 24.3 Å². The summed E-state index contributed by atoms with van der Waals surface area (Å²) < 4.78 is 18.4. The number of carbonyl (C=O) groups is 2. The first-order valence-corrected chi connectivity index (χ1v) is 9.88. The van der Waals surface area contributed by atoms with Crippen molar-refractivity contribution in [2.45, 2.75) is 6.54 Å². The Kier molecular flexibility index (Phi) is 5.86. The minimum Gasteiger partial charge on any atom is -0.497 e. The fraction of sp³-hybridized carbons (Fsp3) is 0.0833. The fourth-order valence-corrected chi connectivity index (χ4v) is 3.44. The molecular formula is C24H18FN3O5. The Bertz CT molecular complexity index is 1250. The van der Waals surface area contributed by atoms with Crippen LogP contribution in [0.25, 0.3) is 5.57 Å². The Morgan fingerprint density at radius 1 is 0.939 bits per heavy atom. The number of nitrogens with zero attached hydrogens (tertiary/aromatic N) is 2. The van der Waals surface area contributed by atoms with Crippen LogP contribution in [0.5, 0.6) is 5.75 Å². The van der Waals surface area contributed by atoms with E-state index >= 15 is 0 Å². The number of non-ortho nitro benzene ring substituents is 1. The van der Waals surface area contributed by atoms with Gasteiger partial charge in [0.2, 0.25) is 0 Å². The molecule has 0 bridgehead atoms. The van der Waals surface area contributed by atoms with Gasteiger partial charge >= 0.3 is 0 Å². The molecule has 0 saturated heterocycles. The molecule has 4 rings (SSSR count). The number of anilines is 1. The Labute approximate surface area is 188 Å². The first-order valence-electron chi connectivity index (χ1n) is 9.88. The lowest BCUT2D eigenvalue weighted by Gasteiger charge is -2.15. The highest BCUT2D eigenvalue weighted by atomic mass is 19.1. The van der Waals surface area contributed by atoms with Gasteiger partial charge in [0.15, 0.2) is 0 Å². The van der Waals surface area contributed by atoms with E-state index in [-0.39, 0.29) is 23.5 Å². The molecule has 0 unspecified atom stereocenters. The van der Waals surface area contributed by atoms with Crippen molar-refractivity contribution in [1.29, 1.82) is 0 Å². The number of ether oxygens (including phenoxy) is 1. The van der Waals surface area contributed by atoms with E-state index in [0.29, 0.717) is 22.6 Å². The molecule has 1 N–H and O–H groups in total. The van der Waals surface area contributed by atoms with Crippen LogP contribution in [0.2, 0.25) is 0 Å². The molecular weight excluding hydrogens is 429 g/mol. The van der Waals surface area contributed by atoms with Crippen LogP contribution in [0.3, 0.4) is 0 Å². The number of methoxy groups -OCH3 is 1. The molecule has 0 aromatic heterocycles. The molecule has 0 aliphatic carbocycles. The summed E-state index contributed by atoms with van der Waals surface area (Å²) in [6.45, 7) is -0.0534. The second-order valence-corrected chi connectivity index (χ2v) is 7.23. The summed E-state index contributed by atoms with van der Waals surface area (Å²) in [7, 11) is 1.53. The van der Waals surface area contributed by atoms with Gasteiger partial charge in [-0.1, -0.05) is 12.1 Å². The highest BCUT2D eigenvalue weighted by Gasteiger charge is 2.39. The number of benzene rings is 3. The topological polar surface area (TPSA) is 102 Å². The van der Waals surface area contributed by atoms with Crippen molar-refractivity contribution in [3.05, 3.63) is 106 Å². The molecule has 0 fully saturated rings. The van der Waals surface area contributed by atoms with Crippen LogP contribution < -0.4 is 10.1 Å². The van der Waals surface area contributed by atoms with Crippen LogP contribution in [0.15, 0.2) is 78.5 Å². The molecule has 0 radical (unpaired) electrons. The number of rotatable bonds is 7. The number of carbonyl (C=O) groups excluding carboxylic acids is 2. The number of hydrogen-bond acceptors (Lipinski definition) is 6. The summed E-state index contributed by atoms with van der Waals surface area (Å²) in [6.07, 6.45) is 0. The molecule has 0 atom stereocenters. The molecule has 0 spiro atoms. The standard InChI is InChI=1S/C24H18FN3O5/c1-33-20-12-8-18(9-13-20)26-22-21(16-4-10-19(11-5-16)28(31)32)23(29)27(24(22)30)14-15-2-6-17(25)7-3-15/h2-13,26H,14H2,1H3. The van der Waals surface area contributed by atoms with E-state index in [9.17, 15) is 24.1 Å². The predicted molar refractivity (Wildman–Crippen MR) is 119 cm³/mol. The van der Waals surface area contributed by atoms with Gasteiger partial charge in [0.25, 0.3) is 17.5 Å². The van der Waals surface area contributed by atoms with Crippen LogP contribution in [0, 0.1) is 15.9 Å². The third-order valence-electron chi connectivity index (χ3n) is 5.15. The summed E-state index contributed by atoms with van der Waals surface area (Å²) in [5.74, 6) is -0.927. The number of nitro benzene ring substituents is 1. The number of amides is 2. The monoisotopic (exact) mass is 447 g/mol. The van der Waals surface area contributed by atoms with Gasteiger partial charge in [-0.25, -0.2) is 4.39 Å². The Morgan fingerprint density at radius 2 is 1.58 bits per heavy atom. The number of nitro groups is 1. The Morgan fingerprint density at radius 3 is 2.15 bits per heavy atom. The largest absolute Gasteiger partial charge is 0.497 e. The number of nitrogens with one attached hydrogen (secondary N) is 1. The maximum atomic E-state index is 13.3. The summed E-state index contributed by atoms with van der Waals surface area (Å²) in [6, 6.07) is 17.7. The highest BCUT2D eigenvalue weighted by Crippen LogP contribution is 2.32. The van der Waals surface area contributed by atoms with Crippen LogP contribution in [0.1, 0.15) is 11.1 Å². The van der Waals surface area contributed by atoms with Gasteiger partial charge < -0.3 is 10.1 Å². The van der Waals surface area contributed by atoms with E-state index in [1.165, 1.54) is 55.6 Å². The van der Waals surface area contributed by atoms with E-state index in [4.69, 9.17) is 4.74 Å². The molecule has 3 aromatic rings. The summed E-state index contributed by atoms with van der Waals surface area (Å²) in [5, 5.41) is 14.0. The molecule has 8 nitrogen and oxygen atoms in total. The number of hydrogen-bond donors (Lipinski definition) is 1. The van der Waals surface area contributed by atoms with E-state index < -0.39 is 22.6 Å². The summed E-state index contributed by atoms with van der Waals surface area (Å²) >= 11 is 0. The van der Waals surface area contributed by atoms with Gasteiger partial charge in [0.05, 0.1) is 24.2 Å². The normalized spacial score (nSPS) is 13.5. The second kappa shape index (κ2) is 8.91. The van der Waals surface area contributed by atoms with E-state index in [1.807, 2.05) is 0 Å². The number of halogens is 1. The van der Waals surface area contributed by atoms with Gasteiger partial charge in [0.1, 0.15) is 17.3 Å². The molecule has 0 saturated carbocycles. The second-order valence-electron chi connectivity index (χ2n) is 7.23. The third kappa shape index (κ3) is 4.42. The van der Waals surface area contributed by atoms with Gasteiger partial charge in [-0.15, -0.1) is 0 Å². The van der Waals surface area contributed by atoms with Crippen LogP contribution >= 0.6 is 0 Å². The van der Waals surface area contributed by atoms with Crippen LogP contribution in [0.4, 0.5) is 15.8 Å². The van der Waals surface area contributed by atoms with Crippen molar-refractivity contribution in [2.75, 3.05) is 12.4 Å². The SMILES string of the molecule is COc1ccc(NC2=C(c3ccc([N+](=O)[O-])cc3)C(=O)N(Cc3ccc(F)cc3)C2=O)cc1. The van der Waals surface area contributed by atoms with Crippen molar-refractivity contribution < 1.29 is 23.6 Å². The van der Waals surface area contributed by atoms with Crippen LogP contribution in [-0.2, 0) is 16.1 Å². The lowest BCUT2D eigenvalue weighted by Crippen LogP contribution is -2.32. The number of imide groups is 1. The average molecular weight is 447 g/mol. The molecule has 166 valence electrons. The van der Waals surface area contributed by atoms with Crippen molar-refractivity contribution in [2.24, 2.45) is 0 Å². The maximum absolute atomic E-state index is 13.3. The van der Waals surface area contributed by atoms with Crippen LogP contribution in [-0.4, -0.2) is 28.7 Å². The highest BCUT2D eigenvalue weighted by molar-refractivity contribution is 6.36. The lowest BCUT2D eigenvalue weighted by molar-refractivity contribution is -0.384. The van der Waals surface area contributed by atoms with Crippen molar-refractivity contribution >= 4 is 28.8 Å². The molecule has 1 aliphatic heterocycles. The third-order valence-corrected chi connectivity index (χ3v) is 5.15. The van der Waals surface area contributed by atoms with Crippen molar-refractivity contribution in [1.82, 2.24) is 4.90 Å². The minimum atomic E-state index is -0.562. The van der Waals surface area contributed by atoms with Gasteiger partial charge in [-0.2, -0.15) is 0 Å². The first kappa shape index (κ1) is 21.7. The molecule has 1 heterocycles. The van der Waals surface area contributed by atoms with Gasteiger partial charge in [-0.05, 0) is 59.7 Å². The van der Waals surface area contributed by atoms with E-state index in [0.717, 1.165) is 4.90 Å². The fourth-order valence-electron chi connectivity index (χ4n) is 3.44. The zero-order chi connectivity index (χ0) is 23.5. The maximum Gasteiger partial charge on any atom is 0.278 e. The van der Waals surface area contributed by atoms with Gasteiger partial charge in [-0.3, -0.25) is 24.6 Å². The minimum absolute atomic E-state index is 0.0427. The summed E-state index contributed by atoms with van der Waals surface area (Å²) in [5.41, 5.74) is 1.48. The first-order chi connectivity index (χ1) is 15.9.